The fourth-order valence-corrected chi connectivity index (χ4v) is 0.767. The molecule has 0 atom stereocenters. The van der Waals surface area contributed by atoms with E-state index in [9.17, 15) is 9.59 Å². The highest BCUT2D eigenvalue weighted by Crippen LogP contribution is 2.06. The van der Waals surface area contributed by atoms with Gasteiger partial charge in [-0.2, -0.15) is 5.06 Å². The lowest BCUT2D eigenvalue weighted by atomic mass is 10.4. The molecule has 0 aromatic carbocycles. The second-order valence-corrected chi connectivity index (χ2v) is 2.71. The van der Waals surface area contributed by atoms with Gasteiger partial charge in [0.2, 0.25) is 0 Å². The van der Waals surface area contributed by atoms with Gasteiger partial charge in [-0.1, -0.05) is 6.92 Å². The average molecular weight is 214 g/mol. The predicted molar refractivity (Wildman–Crippen MR) is 52.1 cm³/mol. The van der Waals surface area contributed by atoms with Gasteiger partial charge in [-0.05, 0) is 6.42 Å². The van der Waals surface area contributed by atoms with Crippen LogP contribution in [0.2, 0.25) is 0 Å². The van der Waals surface area contributed by atoms with E-state index in [0.29, 0.717) is 0 Å². The summed E-state index contributed by atoms with van der Waals surface area (Å²) in [5, 5.41) is 11.6. The number of rotatable bonds is 2. The lowest BCUT2D eigenvalue weighted by molar-refractivity contribution is -0.171. The van der Waals surface area contributed by atoms with Crippen LogP contribution in [0.15, 0.2) is 10.1 Å². The Kier molecular flexibility index (Phi) is 6.78. The number of aliphatic imine (C=N–C) groups is 1. The van der Waals surface area contributed by atoms with Crippen molar-refractivity contribution in [1.82, 2.24) is 5.06 Å². The molecule has 15 heavy (non-hydrogen) atoms. The van der Waals surface area contributed by atoms with E-state index < -0.39 is 11.8 Å². The molecule has 0 aromatic rings. The standard InChI is InChI=1S/C4H9N3.C4H5NO3/c1-2-3-6-4-7-5;6-3-1-2-4(7)5(3)8/h2-3,5H2,1H3;8H,1-2H2. The van der Waals surface area contributed by atoms with E-state index in [4.69, 9.17) is 5.21 Å². The third kappa shape index (κ3) is 5.56. The molecule has 0 unspecified atom stereocenters. The Morgan fingerprint density at radius 3 is 2.27 bits per heavy atom. The second kappa shape index (κ2) is 7.66. The molecule has 84 valence electrons. The molecule has 1 rings (SSSR count). The summed E-state index contributed by atoms with van der Waals surface area (Å²) in [7, 11) is 0. The molecule has 1 saturated heterocycles. The number of amides is 2. The smallest absolute Gasteiger partial charge is 0.253 e. The number of nitrogens with zero attached hydrogens (tertiary/aromatic N) is 3. The van der Waals surface area contributed by atoms with E-state index >= 15 is 0 Å². The number of carbonyl (C=O) groups excluding carboxylic acids is 2. The molecule has 7 nitrogen and oxygen atoms in total. The van der Waals surface area contributed by atoms with E-state index in [1.807, 2.05) is 6.92 Å². The summed E-state index contributed by atoms with van der Waals surface area (Å²) in [6.45, 7) is 2.79. The van der Waals surface area contributed by atoms with Gasteiger partial charge in [-0.25, -0.2) is 4.99 Å². The highest BCUT2D eigenvalue weighted by Gasteiger charge is 2.26. The zero-order chi connectivity index (χ0) is 11.7. The van der Waals surface area contributed by atoms with Gasteiger partial charge < -0.3 is 5.84 Å². The molecular formula is C8H14N4O3. The SMILES string of the molecule is CCCN=C=NN.O=C1CCC(=O)N1O. The number of hydrazone groups is 1. The van der Waals surface area contributed by atoms with Crippen molar-refractivity contribution in [1.29, 1.82) is 0 Å². The number of hydrogen-bond donors (Lipinski definition) is 2. The zero-order valence-electron chi connectivity index (χ0n) is 8.51. The molecule has 1 aliphatic heterocycles. The van der Waals surface area contributed by atoms with Crippen LogP contribution in [0.25, 0.3) is 0 Å². The molecular weight excluding hydrogens is 200 g/mol. The molecule has 0 aliphatic carbocycles. The summed E-state index contributed by atoms with van der Waals surface area (Å²) in [5.41, 5.74) is 0. The first-order valence-electron chi connectivity index (χ1n) is 4.49. The zero-order valence-corrected chi connectivity index (χ0v) is 8.51. The first-order chi connectivity index (χ1) is 7.13. The van der Waals surface area contributed by atoms with Crippen molar-refractivity contribution in [3.8, 4) is 0 Å². The molecule has 1 heterocycles. The second-order valence-electron chi connectivity index (χ2n) is 2.71. The normalized spacial score (nSPS) is 14.1. The molecule has 0 spiro atoms. The third-order valence-electron chi connectivity index (χ3n) is 1.49. The molecule has 0 radical (unpaired) electrons. The van der Waals surface area contributed by atoms with Crippen molar-refractivity contribution in [2.45, 2.75) is 26.2 Å². The third-order valence-corrected chi connectivity index (χ3v) is 1.49. The number of carbonyl (C=O) groups is 2. The summed E-state index contributed by atoms with van der Waals surface area (Å²) in [6, 6.07) is 2.28. The highest BCUT2D eigenvalue weighted by atomic mass is 16.5. The largest absolute Gasteiger partial charge is 0.314 e. The minimum absolute atomic E-state index is 0.148. The lowest BCUT2D eigenvalue weighted by Gasteiger charge is -1.98. The van der Waals surface area contributed by atoms with Crippen LogP contribution in [-0.2, 0) is 9.59 Å². The molecule has 0 saturated carbocycles. The quantitative estimate of drug-likeness (QED) is 0.221. The van der Waals surface area contributed by atoms with Gasteiger partial charge in [0.1, 0.15) is 6.01 Å². The minimum atomic E-state index is -0.505. The van der Waals surface area contributed by atoms with Crippen molar-refractivity contribution in [3.05, 3.63) is 0 Å². The first kappa shape index (κ1) is 13.3. The van der Waals surface area contributed by atoms with Crippen LogP contribution in [0.1, 0.15) is 26.2 Å². The number of hydrogen-bond acceptors (Lipinski definition) is 6. The molecule has 2 amide bonds. The van der Waals surface area contributed by atoms with Gasteiger partial charge in [-0.15, -0.1) is 5.10 Å². The topological polar surface area (TPSA) is 108 Å². The lowest BCUT2D eigenvalue weighted by Crippen LogP contribution is -2.24. The predicted octanol–water partition coefficient (Wildman–Crippen LogP) is -0.0314. The van der Waals surface area contributed by atoms with E-state index in [1.54, 1.807) is 0 Å². The van der Waals surface area contributed by atoms with Crippen LogP contribution >= 0.6 is 0 Å². The minimum Gasteiger partial charge on any atom is -0.314 e. The number of imide groups is 1. The fourth-order valence-electron chi connectivity index (χ4n) is 0.767. The van der Waals surface area contributed by atoms with Gasteiger partial charge in [0.15, 0.2) is 0 Å². The maximum Gasteiger partial charge on any atom is 0.253 e. The molecule has 0 bridgehead atoms. The Labute approximate surface area is 87.2 Å². The van der Waals surface area contributed by atoms with Crippen LogP contribution in [0.5, 0.6) is 0 Å². The fraction of sp³-hybridized carbons (Fsp3) is 0.625. The Bertz CT molecular complexity index is 268. The van der Waals surface area contributed by atoms with Gasteiger partial charge >= 0.3 is 0 Å². The van der Waals surface area contributed by atoms with Crippen molar-refractivity contribution in [3.63, 3.8) is 0 Å². The van der Waals surface area contributed by atoms with Crippen molar-refractivity contribution in [2.24, 2.45) is 15.9 Å². The monoisotopic (exact) mass is 214 g/mol. The number of hydroxylamine groups is 2. The molecule has 1 fully saturated rings. The van der Waals surface area contributed by atoms with Crippen molar-refractivity contribution < 1.29 is 14.8 Å². The Hall–Kier alpha value is -1.72. The van der Waals surface area contributed by atoms with Crippen LogP contribution < -0.4 is 5.84 Å². The van der Waals surface area contributed by atoms with E-state index in [0.717, 1.165) is 13.0 Å². The van der Waals surface area contributed by atoms with Crippen molar-refractivity contribution in [2.75, 3.05) is 6.54 Å². The van der Waals surface area contributed by atoms with Gasteiger partial charge in [-0.3, -0.25) is 14.8 Å². The Morgan fingerprint density at radius 2 is 2.00 bits per heavy atom. The summed E-state index contributed by atoms with van der Waals surface area (Å²) in [5.74, 6) is 3.68. The summed E-state index contributed by atoms with van der Waals surface area (Å²) < 4.78 is 0. The maximum absolute atomic E-state index is 10.2. The van der Waals surface area contributed by atoms with Crippen LogP contribution in [-0.4, -0.2) is 34.6 Å². The molecule has 0 aromatic heterocycles. The molecule has 7 heteroatoms. The van der Waals surface area contributed by atoms with E-state index in [2.05, 4.69) is 21.9 Å². The van der Waals surface area contributed by atoms with Gasteiger partial charge in [0.05, 0.1) is 0 Å². The first-order valence-corrected chi connectivity index (χ1v) is 4.49. The van der Waals surface area contributed by atoms with Gasteiger partial charge in [0, 0.05) is 19.4 Å². The maximum atomic E-state index is 10.2. The Morgan fingerprint density at radius 1 is 1.47 bits per heavy atom. The summed E-state index contributed by atoms with van der Waals surface area (Å²) in [6.07, 6.45) is 1.31. The number of nitrogens with two attached hydrogens (primary N) is 1. The van der Waals surface area contributed by atoms with Crippen LogP contribution in [0.3, 0.4) is 0 Å². The van der Waals surface area contributed by atoms with Gasteiger partial charge in [0.25, 0.3) is 11.8 Å². The van der Waals surface area contributed by atoms with E-state index in [1.165, 1.54) is 0 Å². The highest BCUT2D eigenvalue weighted by molar-refractivity contribution is 6.00. The summed E-state index contributed by atoms with van der Waals surface area (Å²) in [4.78, 5) is 24.1. The van der Waals surface area contributed by atoms with E-state index in [-0.39, 0.29) is 17.9 Å². The molecule has 1 aliphatic rings. The average Bonchev–Trinajstić information content (AvgIpc) is 2.52. The molecule has 3 N–H and O–H groups in total. The summed E-state index contributed by atoms with van der Waals surface area (Å²) >= 11 is 0. The van der Waals surface area contributed by atoms with Crippen LogP contribution in [0.4, 0.5) is 0 Å². The van der Waals surface area contributed by atoms with Crippen molar-refractivity contribution >= 4 is 17.8 Å². The van der Waals surface area contributed by atoms with Crippen LogP contribution in [0, 0.1) is 0 Å². The Balaban J connectivity index is 0.000000265.